The second-order valence-corrected chi connectivity index (χ2v) is 3.33. The number of likely N-dealkylation sites (tertiary alicyclic amines) is 1. The van der Waals surface area contributed by atoms with Crippen molar-refractivity contribution in [3.8, 4) is 0 Å². The van der Waals surface area contributed by atoms with Gasteiger partial charge in [-0.25, -0.2) is 0 Å². The van der Waals surface area contributed by atoms with Crippen LogP contribution in [-0.4, -0.2) is 31.2 Å². The molecule has 1 fully saturated rings. The molecule has 1 aliphatic rings. The summed E-state index contributed by atoms with van der Waals surface area (Å²) in [7, 11) is 2.16. The van der Waals surface area contributed by atoms with E-state index in [1.165, 1.54) is 31.5 Å². The zero-order valence-electron chi connectivity index (χ0n) is 8.12. The van der Waals surface area contributed by atoms with Crippen LogP contribution in [0, 0.1) is 0 Å². The van der Waals surface area contributed by atoms with E-state index in [0.717, 1.165) is 0 Å². The standard InChI is InChI=1S/C7H13N.C2H3F3/c1-7-3-5-8(2)6-4-7;1-2(3,4)5/h1,3-6H2,2H3;1H3. The number of piperidine rings is 1. The number of rotatable bonds is 0. The highest BCUT2D eigenvalue weighted by Crippen LogP contribution is 2.11. The summed E-state index contributed by atoms with van der Waals surface area (Å²) in [4.78, 5) is 2.34. The van der Waals surface area contributed by atoms with E-state index in [9.17, 15) is 13.2 Å². The molecule has 0 spiro atoms. The summed E-state index contributed by atoms with van der Waals surface area (Å²) >= 11 is 0. The number of nitrogens with zero attached hydrogens (tertiary/aromatic N) is 1. The van der Waals surface area contributed by atoms with Gasteiger partial charge in [0, 0.05) is 20.0 Å². The highest BCUT2D eigenvalue weighted by atomic mass is 19.4. The maximum Gasteiger partial charge on any atom is 0.386 e. The van der Waals surface area contributed by atoms with E-state index < -0.39 is 6.18 Å². The molecule has 0 radical (unpaired) electrons. The van der Waals surface area contributed by atoms with E-state index in [1.54, 1.807) is 0 Å². The van der Waals surface area contributed by atoms with Crippen LogP contribution in [0.15, 0.2) is 12.2 Å². The van der Waals surface area contributed by atoms with Crippen molar-refractivity contribution in [3.05, 3.63) is 12.2 Å². The van der Waals surface area contributed by atoms with Crippen LogP contribution >= 0.6 is 0 Å². The summed E-state index contributed by atoms with van der Waals surface area (Å²) in [5.41, 5.74) is 1.42. The number of hydrogen-bond donors (Lipinski definition) is 0. The molecule has 0 aliphatic carbocycles. The summed E-state index contributed by atoms with van der Waals surface area (Å²) in [6, 6.07) is 0. The fourth-order valence-electron chi connectivity index (χ4n) is 0.935. The minimum absolute atomic E-state index is 0.188. The van der Waals surface area contributed by atoms with Crippen LogP contribution in [0.5, 0.6) is 0 Å². The molecule has 1 heterocycles. The second kappa shape index (κ2) is 5.27. The minimum atomic E-state index is -4.00. The quantitative estimate of drug-likeness (QED) is 0.537. The average molecular weight is 195 g/mol. The predicted octanol–water partition coefficient (Wildman–Crippen LogP) is 2.84. The van der Waals surface area contributed by atoms with Crippen molar-refractivity contribution in [1.82, 2.24) is 4.90 Å². The van der Waals surface area contributed by atoms with E-state index in [1.807, 2.05) is 0 Å². The van der Waals surface area contributed by atoms with Gasteiger partial charge in [-0.05, 0) is 19.9 Å². The first-order chi connectivity index (χ1) is 5.79. The molecule has 0 N–H and O–H groups in total. The predicted molar refractivity (Wildman–Crippen MR) is 47.6 cm³/mol. The lowest BCUT2D eigenvalue weighted by Crippen LogP contribution is -2.25. The zero-order valence-corrected chi connectivity index (χ0v) is 8.12. The van der Waals surface area contributed by atoms with Gasteiger partial charge in [-0.1, -0.05) is 12.2 Å². The first kappa shape index (κ1) is 12.5. The highest BCUT2D eigenvalue weighted by molar-refractivity contribution is 4.98. The number of hydrogen-bond acceptors (Lipinski definition) is 1. The Labute approximate surface area is 77.2 Å². The van der Waals surface area contributed by atoms with Crippen molar-refractivity contribution in [2.45, 2.75) is 25.9 Å². The number of halogens is 3. The molecular weight excluding hydrogens is 179 g/mol. The van der Waals surface area contributed by atoms with Crippen molar-refractivity contribution in [3.63, 3.8) is 0 Å². The van der Waals surface area contributed by atoms with Gasteiger partial charge in [0.25, 0.3) is 0 Å². The lowest BCUT2D eigenvalue weighted by atomic mass is 10.1. The van der Waals surface area contributed by atoms with Crippen molar-refractivity contribution < 1.29 is 13.2 Å². The smallest absolute Gasteiger partial charge is 0.306 e. The molecule has 0 bridgehead atoms. The minimum Gasteiger partial charge on any atom is -0.306 e. The molecule has 0 unspecified atom stereocenters. The molecular formula is C9H16F3N. The average Bonchev–Trinajstić information content (AvgIpc) is 1.92. The van der Waals surface area contributed by atoms with Gasteiger partial charge in [0.15, 0.2) is 0 Å². The van der Waals surface area contributed by atoms with Crippen LogP contribution in [0.25, 0.3) is 0 Å². The zero-order chi connectivity index (χ0) is 10.5. The van der Waals surface area contributed by atoms with Crippen molar-refractivity contribution in [1.29, 1.82) is 0 Å². The Hall–Kier alpha value is -0.510. The fraction of sp³-hybridized carbons (Fsp3) is 0.778. The van der Waals surface area contributed by atoms with Crippen LogP contribution in [0.1, 0.15) is 19.8 Å². The Bertz CT molecular complexity index is 147. The molecule has 0 aromatic heterocycles. The fourth-order valence-corrected chi connectivity index (χ4v) is 0.935. The third kappa shape index (κ3) is 11.5. The van der Waals surface area contributed by atoms with Crippen LogP contribution in [-0.2, 0) is 0 Å². The molecule has 0 amide bonds. The summed E-state index contributed by atoms with van der Waals surface area (Å²) in [6.45, 7) is 6.52. The van der Waals surface area contributed by atoms with Gasteiger partial charge >= 0.3 is 6.18 Å². The van der Waals surface area contributed by atoms with E-state index in [4.69, 9.17) is 0 Å². The molecule has 0 atom stereocenters. The van der Waals surface area contributed by atoms with Gasteiger partial charge in [-0.15, -0.1) is 0 Å². The molecule has 0 aromatic rings. The Balaban J connectivity index is 0.000000252. The molecule has 0 aromatic carbocycles. The molecule has 4 heteroatoms. The maximum atomic E-state index is 10.4. The van der Waals surface area contributed by atoms with Crippen LogP contribution in [0.2, 0.25) is 0 Å². The summed E-state index contributed by atoms with van der Waals surface area (Å²) < 4.78 is 31.1. The summed E-state index contributed by atoms with van der Waals surface area (Å²) in [5.74, 6) is 0. The van der Waals surface area contributed by atoms with Gasteiger partial charge in [-0.3, -0.25) is 0 Å². The normalized spacial score (nSPS) is 19.3. The Morgan fingerprint density at radius 3 is 1.77 bits per heavy atom. The molecule has 1 saturated heterocycles. The van der Waals surface area contributed by atoms with E-state index in [-0.39, 0.29) is 6.92 Å². The van der Waals surface area contributed by atoms with Gasteiger partial charge in [0.1, 0.15) is 0 Å². The van der Waals surface area contributed by atoms with Crippen molar-refractivity contribution in [2.75, 3.05) is 20.1 Å². The van der Waals surface area contributed by atoms with Crippen LogP contribution in [0.3, 0.4) is 0 Å². The third-order valence-electron chi connectivity index (χ3n) is 1.69. The molecule has 13 heavy (non-hydrogen) atoms. The number of alkyl halides is 3. The summed E-state index contributed by atoms with van der Waals surface area (Å²) in [6.07, 6.45) is -1.59. The van der Waals surface area contributed by atoms with Crippen molar-refractivity contribution in [2.24, 2.45) is 0 Å². The van der Waals surface area contributed by atoms with Gasteiger partial charge in [0.05, 0.1) is 0 Å². The molecule has 0 saturated carbocycles. The Kier molecular flexibility index (Phi) is 5.06. The molecule has 1 aliphatic heterocycles. The summed E-state index contributed by atoms with van der Waals surface area (Å²) in [5, 5.41) is 0. The van der Waals surface area contributed by atoms with Gasteiger partial charge in [0.2, 0.25) is 0 Å². The Morgan fingerprint density at radius 1 is 1.23 bits per heavy atom. The van der Waals surface area contributed by atoms with E-state index >= 15 is 0 Å². The first-order valence-electron chi connectivity index (χ1n) is 4.21. The van der Waals surface area contributed by atoms with Crippen LogP contribution in [0.4, 0.5) is 13.2 Å². The largest absolute Gasteiger partial charge is 0.386 e. The second-order valence-electron chi connectivity index (χ2n) is 3.33. The monoisotopic (exact) mass is 195 g/mol. The topological polar surface area (TPSA) is 3.24 Å². The highest BCUT2D eigenvalue weighted by Gasteiger charge is 2.15. The SMILES string of the molecule is C=C1CCN(C)CC1.CC(F)(F)F. The maximum absolute atomic E-state index is 10.4. The lowest BCUT2D eigenvalue weighted by Gasteiger charge is -2.22. The van der Waals surface area contributed by atoms with E-state index in [0.29, 0.717) is 0 Å². The first-order valence-corrected chi connectivity index (χ1v) is 4.21. The molecule has 1 rings (SSSR count). The van der Waals surface area contributed by atoms with Gasteiger partial charge in [-0.2, -0.15) is 13.2 Å². The Morgan fingerprint density at radius 2 is 1.54 bits per heavy atom. The van der Waals surface area contributed by atoms with Crippen LogP contribution < -0.4 is 0 Å². The van der Waals surface area contributed by atoms with Gasteiger partial charge < -0.3 is 4.90 Å². The molecule has 1 nitrogen and oxygen atoms in total. The third-order valence-corrected chi connectivity index (χ3v) is 1.69. The molecule has 78 valence electrons. The lowest BCUT2D eigenvalue weighted by molar-refractivity contribution is -0.110. The van der Waals surface area contributed by atoms with Crippen molar-refractivity contribution >= 4 is 0 Å². The van der Waals surface area contributed by atoms with E-state index in [2.05, 4.69) is 18.5 Å².